The van der Waals surface area contributed by atoms with Crippen molar-refractivity contribution in [1.82, 2.24) is 0 Å². The molecule has 0 fully saturated rings. The van der Waals surface area contributed by atoms with E-state index in [-0.39, 0.29) is 0 Å². The SMILES string of the molecule is COC(=O)C(c1ccccc1)C1(c2ccco2)C=C(C(N)=O)c2ccccc2N1. The molecule has 0 saturated heterocycles. The summed E-state index contributed by atoms with van der Waals surface area (Å²) >= 11 is 0. The molecule has 1 aliphatic rings. The van der Waals surface area contributed by atoms with Crippen molar-refractivity contribution in [2.45, 2.75) is 11.5 Å². The number of nitrogens with two attached hydrogens (primary N) is 1. The maximum Gasteiger partial charge on any atom is 0.316 e. The van der Waals surface area contributed by atoms with Crippen molar-refractivity contribution in [3.05, 3.63) is 96.0 Å². The van der Waals surface area contributed by atoms with E-state index in [4.69, 9.17) is 14.9 Å². The van der Waals surface area contributed by atoms with Crippen LogP contribution < -0.4 is 11.1 Å². The smallest absolute Gasteiger partial charge is 0.316 e. The van der Waals surface area contributed by atoms with Crippen LogP contribution in [0.1, 0.15) is 22.8 Å². The van der Waals surface area contributed by atoms with Crippen LogP contribution in [0.4, 0.5) is 5.69 Å². The highest BCUT2D eigenvalue weighted by molar-refractivity contribution is 6.21. The molecule has 146 valence electrons. The number of primary amides is 1. The third-order valence-electron chi connectivity index (χ3n) is 5.15. The lowest BCUT2D eigenvalue weighted by Gasteiger charge is -2.40. The van der Waals surface area contributed by atoms with Gasteiger partial charge in [-0.3, -0.25) is 9.59 Å². The van der Waals surface area contributed by atoms with Crippen LogP contribution in [0.2, 0.25) is 0 Å². The minimum atomic E-state index is -1.21. The van der Waals surface area contributed by atoms with Crippen molar-refractivity contribution in [3.8, 4) is 0 Å². The molecule has 29 heavy (non-hydrogen) atoms. The number of benzene rings is 2. The quantitative estimate of drug-likeness (QED) is 0.653. The number of rotatable bonds is 5. The summed E-state index contributed by atoms with van der Waals surface area (Å²) in [6.45, 7) is 0. The zero-order valence-corrected chi connectivity index (χ0v) is 15.8. The lowest BCUT2D eigenvalue weighted by Crippen LogP contribution is -2.46. The number of furan rings is 1. The number of anilines is 1. The van der Waals surface area contributed by atoms with Gasteiger partial charge >= 0.3 is 5.97 Å². The molecule has 3 aromatic rings. The summed E-state index contributed by atoms with van der Waals surface area (Å²) in [5.41, 5.74) is 6.86. The van der Waals surface area contributed by atoms with Crippen molar-refractivity contribution in [3.63, 3.8) is 0 Å². The standard InChI is InChI=1S/C23H20N2O4/c1-28-22(27)20(15-8-3-2-4-9-15)23(19-12-7-13-29-19)14-17(21(24)26)16-10-5-6-11-18(16)25-23/h2-14,20,25H,1H3,(H2,24,26). The summed E-state index contributed by atoms with van der Waals surface area (Å²) in [6.07, 6.45) is 3.20. The lowest BCUT2D eigenvalue weighted by molar-refractivity contribution is -0.143. The average molecular weight is 388 g/mol. The summed E-state index contributed by atoms with van der Waals surface area (Å²) in [5, 5.41) is 3.43. The second-order valence-electron chi connectivity index (χ2n) is 6.81. The van der Waals surface area contributed by atoms with Gasteiger partial charge in [-0.15, -0.1) is 0 Å². The number of esters is 1. The molecule has 0 aliphatic carbocycles. The van der Waals surface area contributed by atoms with Crippen LogP contribution in [0, 0.1) is 0 Å². The van der Waals surface area contributed by atoms with Gasteiger partial charge in [-0.1, -0.05) is 48.5 Å². The Morgan fingerprint density at radius 3 is 2.41 bits per heavy atom. The first kappa shape index (κ1) is 18.6. The van der Waals surface area contributed by atoms with Gasteiger partial charge in [0.25, 0.3) is 0 Å². The first-order chi connectivity index (χ1) is 14.1. The normalized spacial score (nSPS) is 18.7. The topological polar surface area (TPSA) is 94.6 Å². The van der Waals surface area contributed by atoms with Gasteiger partial charge in [-0.05, 0) is 29.8 Å². The van der Waals surface area contributed by atoms with Gasteiger partial charge in [-0.2, -0.15) is 0 Å². The van der Waals surface area contributed by atoms with E-state index in [0.29, 0.717) is 28.1 Å². The Morgan fingerprint density at radius 1 is 1.03 bits per heavy atom. The second kappa shape index (κ2) is 7.31. The zero-order valence-electron chi connectivity index (χ0n) is 15.8. The zero-order chi connectivity index (χ0) is 20.4. The molecule has 1 amide bonds. The van der Waals surface area contributed by atoms with Gasteiger partial charge in [0.15, 0.2) is 0 Å². The molecule has 2 atom stereocenters. The predicted octanol–water partition coefficient (Wildman–Crippen LogP) is 3.43. The van der Waals surface area contributed by atoms with Crippen molar-refractivity contribution in [1.29, 1.82) is 0 Å². The molecule has 1 aromatic heterocycles. The molecule has 3 N–H and O–H groups in total. The summed E-state index contributed by atoms with van der Waals surface area (Å²) < 4.78 is 10.9. The van der Waals surface area contributed by atoms with Gasteiger partial charge in [0.2, 0.25) is 5.91 Å². The number of carbonyl (C=O) groups is 2. The Kier molecular flexibility index (Phi) is 4.68. The van der Waals surface area contributed by atoms with Crippen LogP contribution in [-0.2, 0) is 19.9 Å². The Balaban J connectivity index is 2.03. The van der Waals surface area contributed by atoms with E-state index < -0.39 is 23.3 Å². The number of carbonyl (C=O) groups excluding carboxylic acids is 2. The van der Waals surface area contributed by atoms with Gasteiger partial charge in [-0.25, -0.2) is 0 Å². The average Bonchev–Trinajstić information content (AvgIpc) is 3.29. The number of amides is 1. The Morgan fingerprint density at radius 2 is 1.76 bits per heavy atom. The number of methoxy groups -OCH3 is 1. The molecule has 2 unspecified atom stereocenters. The Hall–Kier alpha value is -3.80. The maximum atomic E-state index is 13.1. The highest BCUT2D eigenvalue weighted by Crippen LogP contribution is 2.47. The molecule has 1 aliphatic heterocycles. The van der Waals surface area contributed by atoms with Crippen LogP contribution in [-0.4, -0.2) is 19.0 Å². The first-order valence-electron chi connectivity index (χ1n) is 9.14. The summed E-state index contributed by atoms with van der Waals surface area (Å²) in [4.78, 5) is 25.4. The minimum absolute atomic E-state index is 0.306. The van der Waals surface area contributed by atoms with E-state index in [2.05, 4.69) is 5.32 Å². The highest BCUT2D eigenvalue weighted by atomic mass is 16.5. The molecule has 6 heteroatoms. The predicted molar refractivity (Wildman–Crippen MR) is 109 cm³/mol. The Bertz CT molecular complexity index is 1070. The van der Waals surface area contributed by atoms with Crippen LogP contribution in [0.5, 0.6) is 0 Å². The van der Waals surface area contributed by atoms with Crippen LogP contribution >= 0.6 is 0 Å². The fraction of sp³-hybridized carbons (Fsp3) is 0.130. The largest absolute Gasteiger partial charge is 0.468 e. The van der Waals surface area contributed by atoms with Crippen molar-refractivity contribution in [2.75, 3.05) is 12.4 Å². The molecule has 2 aromatic carbocycles. The van der Waals surface area contributed by atoms with Gasteiger partial charge in [0, 0.05) is 16.8 Å². The molecule has 0 spiro atoms. The van der Waals surface area contributed by atoms with Crippen molar-refractivity contribution >= 4 is 23.1 Å². The molecule has 4 rings (SSSR count). The monoisotopic (exact) mass is 388 g/mol. The number of ether oxygens (including phenoxy) is 1. The molecule has 6 nitrogen and oxygen atoms in total. The molecule has 2 heterocycles. The van der Waals surface area contributed by atoms with Crippen molar-refractivity contribution in [2.24, 2.45) is 5.73 Å². The van der Waals surface area contributed by atoms with Gasteiger partial charge in [0.05, 0.1) is 13.4 Å². The molecule has 0 bridgehead atoms. The molecule has 0 saturated carbocycles. The minimum Gasteiger partial charge on any atom is -0.468 e. The fourth-order valence-electron chi connectivity index (χ4n) is 3.89. The number of fused-ring (bicyclic) bond motifs is 1. The maximum absolute atomic E-state index is 13.1. The number of nitrogens with one attached hydrogen (secondary N) is 1. The van der Waals surface area contributed by atoms with Crippen LogP contribution in [0.25, 0.3) is 5.57 Å². The van der Waals surface area contributed by atoms with E-state index in [1.165, 1.54) is 13.4 Å². The van der Waals surface area contributed by atoms with Crippen LogP contribution in [0.3, 0.4) is 0 Å². The summed E-state index contributed by atoms with van der Waals surface area (Å²) in [6, 6.07) is 20.0. The fourth-order valence-corrected chi connectivity index (χ4v) is 3.89. The van der Waals surface area contributed by atoms with E-state index >= 15 is 0 Å². The van der Waals surface area contributed by atoms with Gasteiger partial charge in [0.1, 0.15) is 17.2 Å². The second-order valence-corrected chi connectivity index (χ2v) is 6.81. The summed E-state index contributed by atoms with van der Waals surface area (Å²) in [7, 11) is 1.34. The highest BCUT2D eigenvalue weighted by Gasteiger charge is 2.49. The van der Waals surface area contributed by atoms with Crippen molar-refractivity contribution < 1.29 is 18.7 Å². The Labute approximate surface area is 168 Å². The number of hydrogen-bond donors (Lipinski definition) is 2. The number of hydrogen-bond acceptors (Lipinski definition) is 5. The van der Waals surface area contributed by atoms with E-state index in [1.54, 1.807) is 24.3 Å². The van der Waals surface area contributed by atoms with Gasteiger partial charge < -0.3 is 20.2 Å². The van der Waals surface area contributed by atoms with E-state index in [0.717, 1.165) is 0 Å². The number of para-hydroxylation sites is 1. The third-order valence-corrected chi connectivity index (χ3v) is 5.15. The molecular weight excluding hydrogens is 368 g/mol. The summed E-state index contributed by atoms with van der Waals surface area (Å²) in [5.74, 6) is -1.43. The van der Waals surface area contributed by atoms with E-state index in [9.17, 15) is 9.59 Å². The lowest BCUT2D eigenvalue weighted by atomic mass is 9.73. The molecular formula is C23H20N2O4. The first-order valence-corrected chi connectivity index (χ1v) is 9.14. The third kappa shape index (κ3) is 3.08. The van der Waals surface area contributed by atoms with Crippen LogP contribution in [0.15, 0.2) is 83.5 Å². The van der Waals surface area contributed by atoms with E-state index in [1.807, 2.05) is 48.5 Å². The molecule has 0 radical (unpaired) electrons.